The lowest BCUT2D eigenvalue weighted by molar-refractivity contribution is 0.240. The summed E-state index contributed by atoms with van der Waals surface area (Å²) >= 11 is 1.81. The Labute approximate surface area is 148 Å². The van der Waals surface area contributed by atoms with Crippen LogP contribution in [0.15, 0.2) is 54.6 Å². The number of para-hydroxylation sites is 3. The number of nitrogens with zero attached hydrogens (tertiary/aromatic N) is 3. The Morgan fingerprint density at radius 3 is 2.33 bits per heavy atom. The Morgan fingerprint density at radius 2 is 1.54 bits per heavy atom. The van der Waals surface area contributed by atoms with Gasteiger partial charge in [-0.2, -0.15) is 0 Å². The van der Waals surface area contributed by atoms with Gasteiger partial charge in [-0.05, 0) is 37.2 Å². The normalized spacial score (nSPS) is 18.0. The van der Waals surface area contributed by atoms with Crippen LogP contribution in [0, 0.1) is 0 Å². The number of hydrogen-bond donors (Lipinski definition) is 1. The van der Waals surface area contributed by atoms with Crippen molar-refractivity contribution in [2.24, 2.45) is 0 Å². The van der Waals surface area contributed by atoms with E-state index in [1.165, 1.54) is 43.1 Å². The molecule has 2 aliphatic heterocycles. The number of nitrogens with one attached hydrogen (secondary N) is 1. The van der Waals surface area contributed by atoms with Gasteiger partial charge in [0.25, 0.3) is 0 Å². The Hall–Kier alpha value is -1.69. The number of piperazine rings is 1. The molecule has 0 atom stereocenters. The lowest BCUT2D eigenvalue weighted by Gasteiger charge is -2.28. The molecule has 0 aromatic heterocycles. The molecule has 1 fully saturated rings. The lowest BCUT2D eigenvalue weighted by atomic mass is 10.2. The zero-order chi connectivity index (χ0) is 16.2. The number of anilines is 3. The van der Waals surface area contributed by atoms with Crippen LogP contribution in [-0.2, 0) is 0 Å². The van der Waals surface area contributed by atoms with Gasteiger partial charge < -0.3 is 10.2 Å². The van der Waals surface area contributed by atoms with Crippen molar-refractivity contribution in [1.29, 1.82) is 0 Å². The van der Waals surface area contributed by atoms with Crippen molar-refractivity contribution in [3.05, 3.63) is 54.6 Å². The van der Waals surface area contributed by atoms with Gasteiger partial charge in [-0.3, -0.25) is 8.61 Å². The molecule has 5 heteroatoms. The Morgan fingerprint density at radius 1 is 0.833 bits per heavy atom. The van der Waals surface area contributed by atoms with Gasteiger partial charge in [0.2, 0.25) is 0 Å². The monoisotopic (exact) mass is 340 g/mol. The SMILES string of the molecule is c1ccc(N2SN(CCCN3CCNCC3)c3ccccc32)cc1. The summed E-state index contributed by atoms with van der Waals surface area (Å²) in [5.74, 6) is 0. The van der Waals surface area contributed by atoms with Gasteiger partial charge in [-0.15, -0.1) is 0 Å². The second-order valence-electron chi connectivity index (χ2n) is 6.25. The smallest absolute Gasteiger partial charge is 0.0784 e. The van der Waals surface area contributed by atoms with E-state index in [-0.39, 0.29) is 0 Å². The Kier molecular flexibility index (Phi) is 4.92. The van der Waals surface area contributed by atoms with Crippen molar-refractivity contribution in [2.45, 2.75) is 6.42 Å². The maximum Gasteiger partial charge on any atom is 0.0784 e. The van der Waals surface area contributed by atoms with E-state index in [1.807, 2.05) is 12.1 Å². The minimum Gasteiger partial charge on any atom is -0.314 e. The first-order valence-corrected chi connectivity index (χ1v) is 9.48. The van der Waals surface area contributed by atoms with Crippen LogP contribution in [0.5, 0.6) is 0 Å². The molecule has 2 aliphatic rings. The van der Waals surface area contributed by atoms with Gasteiger partial charge >= 0.3 is 0 Å². The molecule has 0 aliphatic carbocycles. The average molecular weight is 340 g/mol. The molecule has 0 amide bonds. The fraction of sp³-hybridized carbons (Fsp3) is 0.368. The van der Waals surface area contributed by atoms with Crippen LogP contribution in [0.4, 0.5) is 17.1 Å². The predicted octanol–water partition coefficient (Wildman–Crippen LogP) is 3.50. The molecule has 126 valence electrons. The van der Waals surface area contributed by atoms with Crippen LogP contribution < -0.4 is 13.9 Å². The minimum atomic E-state index is 1.08. The number of rotatable bonds is 5. The van der Waals surface area contributed by atoms with Gasteiger partial charge in [0, 0.05) is 32.7 Å². The van der Waals surface area contributed by atoms with Gasteiger partial charge in [0.15, 0.2) is 0 Å². The largest absolute Gasteiger partial charge is 0.314 e. The van der Waals surface area contributed by atoms with Crippen LogP contribution in [0.2, 0.25) is 0 Å². The lowest BCUT2D eigenvalue weighted by Crippen LogP contribution is -2.44. The van der Waals surface area contributed by atoms with Crippen molar-refractivity contribution < 1.29 is 0 Å². The summed E-state index contributed by atoms with van der Waals surface area (Å²) < 4.78 is 4.77. The molecular weight excluding hydrogens is 316 g/mol. The highest BCUT2D eigenvalue weighted by molar-refractivity contribution is 8.02. The molecule has 24 heavy (non-hydrogen) atoms. The van der Waals surface area contributed by atoms with Crippen molar-refractivity contribution in [1.82, 2.24) is 10.2 Å². The molecule has 2 heterocycles. The van der Waals surface area contributed by atoms with Gasteiger partial charge in [0.05, 0.1) is 29.2 Å². The van der Waals surface area contributed by atoms with E-state index < -0.39 is 0 Å². The van der Waals surface area contributed by atoms with Crippen LogP contribution in [0.3, 0.4) is 0 Å². The van der Waals surface area contributed by atoms with Gasteiger partial charge in [-0.25, -0.2) is 0 Å². The first kappa shape index (κ1) is 15.8. The van der Waals surface area contributed by atoms with Crippen molar-refractivity contribution in [3.8, 4) is 0 Å². The topological polar surface area (TPSA) is 21.8 Å². The molecule has 2 aromatic rings. The van der Waals surface area contributed by atoms with E-state index in [1.54, 1.807) is 0 Å². The van der Waals surface area contributed by atoms with Crippen molar-refractivity contribution >= 4 is 29.2 Å². The quantitative estimate of drug-likeness (QED) is 0.839. The van der Waals surface area contributed by atoms with E-state index in [9.17, 15) is 0 Å². The summed E-state index contributed by atoms with van der Waals surface area (Å²) in [7, 11) is 0. The summed E-state index contributed by atoms with van der Waals surface area (Å²) in [5.41, 5.74) is 3.85. The third-order valence-electron chi connectivity index (χ3n) is 4.59. The highest BCUT2D eigenvalue weighted by Gasteiger charge is 2.27. The zero-order valence-electron chi connectivity index (χ0n) is 13.9. The average Bonchev–Trinajstić information content (AvgIpc) is 3.02. The summed E-state index contributed by atoms with van der Waals surface area (Å²) in [6, 6.07) is 19.3. The van der Waals surface area contributed by atoms with Crippen LogP contribution in [-0.4, -0.2) is 44.2 Å². The molecule has 1 saturated heterocycles. The Bertz CT molecular complexity index is 657. The fourth-order valence-electron chi connectivity index (χ4n) is 3.32. The standard InChI is InChI=1S/C19H24N4S/c1-2-7-17(8-3-1)23-19-10-5-4-9-18(19)22(24-23)14-6-13-21-15-11-20-12-16-21/h1-5,7-10,20H,6,11-16H2. The first-order chi connectivity index (χ1) is 11.9. The highest BCUT2D eigenvalue weighted by atomic mass is 32.2. The first-order valence-electron chi connectivity index (χ1n) is 8.75. The van der Waals surface area contributed by atoms with E-state index in [4.69, 9.17) is 0 Å². The second kappa shape index (κ2) is 7.47. The highest BCUT2D eigenvalue weighted by Crippen LogP contribution is 2.48. The minimum absolute atomic E-state index is 1.08. The van der Waals surface area contributed by atoms with Gasteiger partial charge in [-0.1, -0.05) is 30.3 Å². The molecular formula is C19H24N4S. The molecule has 1 N–H and O–H groups in total. The van der Waals surface area contributed by atoms with Crippen LogP contribution >= 0.6 is 12.1 Å². The van der Waals surface area contributed by atoms with Crippen molar-refractivity contribution in [2.75, 3.05) is 47.9 Å². The fourth-order valence-corrected chi connectivity index (χ4v) is 4.43. The molecule has 4 nitrogen and oxygen atoms in total. The molecule has 0 spiro atoms. The van der Waals surface area contributed by atoms with E-state index >= 15 is 0 Å². The third-order valence-corrected chi connectivity index (χ3v) is 5.73. The predicted molar refractivity (Wildman–Crippen MR) is 104 cm³/mol. The van der Waals surface area contributed by atoms with Crippen LogP contribution in [0.25, 0.3) is 0 Å². The van der Waals surface area contributed by atoms with Crippen molar-refractivity contribution in [3.63, 3.8) is 0 Å². The molecule has 0 unspecified atom stereocenters. The molecule has 4 rings (SSSR count). The third kappa shape index (κ3) is 3.38. The number of hydrogen-bond acceptors (Lipinski definition) is 5. The zero-order valence-corrected chi connectivity index (χ0v) is 14.7. The maximum absolute atomic E-state index is 3.42. The summed E-state index contributed by atoms with van der Waals surface area (Å²) in [6.07, 6.45) is 1.20. The Balaban J connectivity index is 1.43. The maximum atomic E-state index is 3.42. The molecule has 2 aromatic carbocycles. The van der Waals surface area contributed by atoms with E-state index in [0.29, 0.717) is 0 Å². The van der Waals surface area contributed by atoms with Crippen LogP contribution in [0.1, 0.15) is 6.42 Å². The summed E-state index contributed by atoms with van der Waals surface area (Å²) in [4.78, 5) is 2.57. The van der Waals surface area contributed by atoms with E-state index in [0.717, 1.165) is 19.6 Å². The summed E-state index contributed by atoms with van der Waals surface area (Å²) in [6.45, 7) is 6.88. The molecule has 0 saturated carbocycles. The number of fused-ring (bicyclic) bond motifs is 1. The molecule has 0 bridgehead atoms. The van der Waals surface area contributed by atoms with E-state index in [2.05, 4.69) is 73.4 Å². The number of benzene rings is 2. The second-order valence-corrected chi connectivity index (χ2v) is 7.22. The summed E-state index contributed by atoms with van der Waals surface area (Å²) in [5, 5.41) is 3.42. The molecule has 0 radical (unpaired) electrons. The van der Waals surface area contributed by atoms with Gasteiger partial charge in [0.1, 0.15) is 0 Å².